The SMILES string of the molecule is c1cn2c(n1)CN([C@H]1CCOC1)C[C@H](COCC1CC1)C2. The number of rotatable bonds is 5. The molecule has 1 aromatic heterocycles. The van der Waals surface area contributed by atoms with Gasteiger partial charge in [-0.15, -0.1) is 0 Å². The maximum atomic E-state index is 5.96. The van der Waals surface area contributed by atoms with Crippen LogP contribution in [0.15, 0.2) is 12.4 Å². The molecule has 4 rings (SSSR count). The Bertz CT molecular complexity index is 466. The predicted molar refractivity (Wildman–Crippen MR) is 78.9 cm³/mol. The van der Waals surface area contributed by atoms with Crippen LogP contribution in [-0.2, 0) is 22.6 Å². The lowest BCUT2D eigenvalue weighted by Gasteiger charge is -2.28. The number of aromatic nitrogens is 2. The molecule has 2 aliphatic heterocycles. The summed E-state index contributed by atoms with van der Waals surface area (Å²) in [5.41, 5.74) is 0. The van der Waals surface area contributed by atoms with Crippen LogP contribution in [0.5, 0.6) is 0 Å². The third-order valence-electron chi connectivity index (χ3n) is 4.92. The molecule has 5 nitrogen and oxygen atoms in total. The number of ether oxygens (including phenoxy) is 2. The van der Waals surface area contributed by atoms with Gasteiger partial charge in [-0.3, -0.25) is 4.90 Å². The summed E-state index contributed by atoms with van der Waals surface area (Å²) in [6.45, 7) is 6.68. The van der Waals surface area contributed by atoms with Crippen molar-refractivity contribution in [3.63, 3.8) is 0 Å². The lowest BCUT2D eigenvalue weighted by Crippen LogP contribution is -2.39. The number of hydrogen-bond donors (Lipinski definition) is 0. The van der Waals surface area contributed by atoms with Crippen molar-refractivity contribution in [1.82, 2.24) is 14.5 Å². The molecule has 1 aromatic rings. The monoisotopic (exact) mass is 291 g/mol. The summed E-state index contributed by atoms with van der Waals surface area (Å²) in [6.07, 6.45) is 7.91. The van der Waals surface area contributed by atoms with E-state index in [-0.39, 0.29) is 0 Å². The lowest BCUT2D eigenvalue weighted by atomic mass is 10.1. The summed E-state index contributed by atoms with van der Waals surface area (Å²) in [6, 6.07) is 0.555. The molecule has 0 bridgehead atoms. The van der Waals surface area contributed by atoms with Gasteiger partial charge in [0.15, 0.2) is 0 Å². The quantitative estimate of drug-likeness (QED) is 0.825. The third-order valence-corrected chi connectivity index (χ3v) is 4.92. The van der Waals surface area contributed by atoms with Crippen molar-refractivity contribution in [3.8, 4) is 0 Å². The molecule has 0 radical (unpaired) electrons. The summed E-state index contributed by atoms with van der Waals surface area (Å²) in [5, 5.41) is 0. The summed E-state index contributed by atoms with van der Waals surface area (Å²) in [4.78, 5) is 7.09. The van der Waals surface area contributed by atoms with Crippen LogP contribution in [0.1, 0.15) is 25.1 Å². The average molecular weight is 291 g/mol. The zero-order valence-corrected chi connectivity index (χ0v) is 12.6. The van der Waals surface area contributed by atoms with Gasteiger partial charge in [0.25, 0.3) is 0 Å². The highest BCUT2D eigenvalue weighted by Gasteiger charge is 2.30. The van der Waals surface area contributed by atoms with E-state index in [1.165, 1.54) is 18.7 Å². The second kappa shape index (κ2) is 6.07. The van der Waals surface area contributed by atoms with Crippen LogP contribution in [0.2, 0.25) is 0 Å². The molecule has 1 saturated heterocycles. The number of hydrogen-bond acceptors (Lipinski definition) is 4. The van der Waals surface area contributed by atoms with Crippen LogP contribution >= 0.6 is 0 Å². The maximum Gasteiger partial charge on any atom is 0.122 e. The van der Waals surface area contributed by atoms with Crippen LogP contribution in [0.25, 0.3) is 0 Å². The summed E-state index contributed by atoms with van der Waals surface area (Å²) >= 11 is 0. The molecule has 116 valence electrons. The van der Waals surface area contributed by atoms with Crippen LogP contribution in [0.3, 0.4) is 0 Å². The Hall–Kier alpha value is -0.910. The number of imidazole rings is 1. The predicted octanol–water partition coefficient (Wildman–Crippen LogP) is 1.53. The first kappa shape index (κ1) is 13.7. The highest BCUT2D eigenvalue weighted by molar-refractivity contribution is 4.97. The van der Waals surface area contributed by atoms with Crippen molar-refractivity contribution in [2.75, 3.05) is 33.0 Å². The highest BCUT2D eigenvalue weighted by Crippen LogP contribution is 2.29. The largest absolute Gasteiger partial charge is 0.381 e. The molecule has 2 atom stereocenters. The zero-order chi connectivity index (χ0) is 14.1. The number of fused-ring (bicyclic) bond motifs is 1. The lowest BCUT2D eigenvalue weighted by molar-refractivity contribution is 0.0599. The Balaban J connectivity index is 1.42. The van der Waals surface area contributed by atoms with Crippen molar-refractivity contribution in [2.24, 2.45) is 11.8 Å². The van der Waals surface area contributed by atoms with Crippen molar-refractivity contribution in [1.29, 1.82) is 0 Å². The van der Waals surface area contributed by atoms with E-state index in [1.54, 1.807) is 0 Å². The molecule has 1 saturated carbocycles. The van der Waals surface area contributed by atoms with E-state index < -0.39 is 0 Å². The fourth-order valence-electron chi connectivity index (χ4n) is 3.45. The van der Waals surface area contributed by atoms with Gasteiger partial charge < -0.3 is 14.0 Å². The van der Waals surface area contributed by atoms with Gasteiger partial charge >= 0.3 is 0 Å². The van der Waals surface area contributed by atoms with Crippen LogP contribution < -0.4 is 0 Å². The maximum absolute atomic E-state index is 5.96. The summed E-state index contributed by atoms with van der Waals surface area (Å²) < 4.78 is 13.8. The van der Waals surface area contributed by atoms with Crippen LogP contribution in [-0.4, -0.2) is 53.5 Å². The van der Waals surface area contributed by atoms with Crippen molar-refractivity contribution >= 4 is 0 Å². The van der Waals surface area contributed by atoms with Crippen LogP contribution in [0, 0.1) is 11.8 Å². The van der Waals surface area contributed by atoms with Gasteiger partial charge in [0.2, 0.25) is 0 Å². The molecule has 3 heterocycles. The zero-order valence-electron chi connectivity index (χ0n) is 12.6. The van der Waals surface area contributed by atoms with Gasteiger partial charge in [-0.05, 0) is 25.2 Å². The van der Waals surface area contributed by atoms with Gasteiger partial charge in [0.05, 0.1) is 19.8 Å². The van der Waals surface area contributed by atoms with Crippen molar-refractivity contribution in [2.45, 2.75) is 38.4 Å². The van der Waals surface area contributed by atoms with Gasteiger partial charge in [-0.2, -0.15) is 0 Å². The van der Waals surface area contributed by atoms with E-state index in [0.29, 0.717) is 12.0 Å². The van der Waals surface area contributed by atoms with E-state index in [4.69, 9.17) is 9.47 Å². The van der Waals surface area contributed by atoms with Gasteiger partial charge in [0, 0.05) is 50.7 Å². The molecular weight excluding hydrogens is 266 g/mol. The molecule has 3 aliphatic rings. The topological polar surface area (TPSA) is 39.5 Å². The van der Waals surface area contributed by atoms with Crippen LogP contribution in [0.4, 0.5) is 0 Å². The van der Waals surface area contributed by atoms with Crippen molar-refractivity contribution < 1.29 is 9.47 Å². The molecule has 0 amide bonds. The molecule has 5 heteroatoms. The Morgan fingerprint density at radius 3 is 2.90 bits per heavy atom. The fourth-order valence-corrected chi connectivity index (χ4v) is 3.45. The smallest absolute Gasteiger partial charge is 0.122 e. The molecule has 1 aliphatic carbocycles. The minimum atomic E-state index is 0.555. The first-order valence-electron chi connectivity index (χ1n) is 8.28. The Labute approximate surface area is 126 Å². The molecule has 2 fully saturated rings. The highest BCUT2D eigenvalue weighted by atomic mass is 16.5. The molecule has 0 aromatic carbocycles. The molecule has 21 heavy (non-hydrogen) atoms. The van der Waals surface area contributed by atoms with E-state index >= 15 is 0 Å². The van der Waals surface area contributed by atoms with E-state index in [0.717, 1.165) is 58.4 Å². The van der Waals surface area contributed by atoms with Gasteiger partial charge in [-0.1, -0.05) is 0 Å². The molecule has 0 spiro atoms. The molecular formula is C16H25N3O2. The Morgan fingerprint density at radius 2 is 2.10 bits per heavy atom. The second-order valence-corrected chi connectivity index (χ2v) is 6.79. The minimum absolute atomic E-state index is 0.555. The second-order valence-electron chi connectivity index (χ2n) is 6.79. The average Bonchev–Trinajstić information content (AvgIpc) is 3.01. The van der Waals surface area contributed by atoms with Gasteiger partial charge in [0.1, 0.15) is 5.82 Å². The third kappa shape index (κ3) is 3.30. The van der Waals surface area contributed by atoms with Gasteiger partial charge in [-0.25, -0.2) is 4.98 Å². The fraction of sp³-hybridized carbons (Fsp3) is 0.812. The molecule has 0 unspecified atom stereocenters. The van der Waals surface area contributed by atoms with E-state index in [9.17, 15) is 0 Å². The molecule has 0 N–H and O–H groups in total. The normalized spacial score (nSPS) is 30.3. The Morgan fingerprint density at radius 1 is 1.19 bits per heavy atom. The summed E-state index contributed by atoms with van der Waals surface area (Å²) in [7, 11) is 0. The standard InChI is InChI=1S/C16H25N3O2/c1-2-13(1)10-21-11-14-7-18-5-4-17-16(18)9-19(8-14)15-3-6-20-12-15/h4-5,13-15H,1-3,6-12H2/t14-,15+/m1/s1. The number of nitrogens with zero attached hydrogens (tertiary/aromatic N) is 3. The summed E-state index contributed by atoms with van der Waals surface area (Å²) in [5.74, 6) is 2.59. The minimum Gasteiger partial charge on any atom is -0.381 e. The Kier molecular flexibility index (Phi) is 3.97. The van der Waals surface area contributed by atoms with Crippen molar-refractivity contribution in [3.05, 3.63) is 18.2 Å². The first-order valence-corrected chi connectivity index (χ1v) is 8.28. The first-order chi connectivity index (χ1) is 10.4. The van der Waals surface area contributed by atoms with E-state index in [1.807, 2.05) is 6.20 Å². The van der Waals surface area contributed by atoms with E-state index in [2.05, 4.69) is 20.6 Å².